The number of hydrogen-bond acceptors (Lipinski definition) is 3. The zero-order valence-corrected chi connectivity index (χ0v) is 10.5. The number of thiazole rings is 1. The first kappa shape index (κ1) is 11.3. The van der Waals surface area contributed by atoms with E-state index in [-0.39, 0.29) is 0 Å². The van der Waals surface area contributed by atoms with Crippen molar-refractivity contribution in [2.24, 2.45) is 0 Å². The van der Waals surface area contributed by atoms with E-state index >= 15 is 0 Å². The van der Waals surface area contributed by atoms with Gasteiger partial charge < -0.3 is 5.32 Å². The number of rotatable bonds is 4. The van der Waals surface area contributed by atoms with Gasteiger partial charge in [0.15, 0.2) is 0 Å². The van der Waals surface area contributed by atoms with Crippen molar-refractivity contribution in [3.63, 3.8) is 0 Å². The Balaban J connectivity index is 1.87. The number of aryl methyl sites for hydroxylation is 2. The van der Waals surface area contributed by atoms with Crippen molar-refractivity contribution in [1.29, 1.82) is 0 Å². The van der Waals surface area contributed by atoms with E-state index in [2.05, 4.69) is 48.4 Å². The van der Waals surface area contributed by atoms with Gasteiger partial charge in [0.25, 0.3) is 0 Å². The second-order valence-electron chi connectivity index (χ2n) is 3.95. The highest BCUT2D eigenvalue weighted by Crippen LogP contribution is 2.11. The first-order valence-electron chi connectivity index (χ1n) is 5.41. The summed E-state index contributed by atoms with van der Waals surface area (Å²) in [7, 11) is 0. The molecule has 0 amide bonds. The molecule has 0 aliphatic heterocycles. The summed E-state index contributed by atoms with van der Waals surface area (Å²) in [4.78, 5) is 5.56. The molecule has 0 fully saturated rings. The molecule has 1 aromatic heterocycles. The van der Waals surface area contributed by atoms with Crippen LogP contribution < -0.4 is 5.32 Å². The quantitative estimate of drug-likeness (QED) is 0.876. The van der Waals surface area contributed by atoms with E-state index in [4.69, 9.17) is 0 Å². The van der Waals surface area contributed by atoms with Crippen LogP contribution in [-0.4, -0.2) is 4.98 Å². The fourth-order valence-electron chi connectivity index (χ4n) is 1.64. The number of benzene rings is 1. The van der Waals surface area contributed by atoms with Gasteiger partial charge in [0.1, 0.15) is 0 Å². The lowest BCUT2D eigenvalue weighted by molar-refractivity contribution is 0.697. The molecule has 2 rings (SSSR count). The maximum absolute atomic E-state index is 4.23. The van der Waals surface area contributed by atoms with E-state index in [0.717, 1.165) is 18.8 Å². The normalized spacial score (nSPS) is 10.6. The first-order chi connectivity index (χ1) is 7.75. The first-order valence-corrected chi connectivity index (χ1v) is 6.29. The molecule has 0 spiro atoms. The SMILES string of the molecule is Cc1cccc(CNCc2scnc2C)c1. The molecule has 0 atom stereocenters. The summed E-state index contributed by atoms with van der Waals surface area (Å²) in [6.07, 6.45) is 0. The maximum atomic E-state index is 4.23. The zero-order chi connectivity index (χ0) is 11.4. The van der Waals surface area contributed by atoms with E-state index in [1.54, 1.807) is 11.3 Å². The Morgan fingerprint density at radius 2 is 2.12 bits per heavy atom. The Hall–Kier alpha value is -1.19. The molecule has 2 aromatic rings. The minimum atomic E-state index is 0.907. The van der Waals surface area contributed by atoms with Crippen molar-refractivity contribution in [1.82, 2.24) is 10.3 Å². The van der Waals surface area contributed by atoms with Crippen molar-refractivity contribution in [3.05, 3.63) is 51.5 Å². The topological polar surface area (TPSA) is 24.9 Å². The van der Waals surface area contributed by atoms with Crippen molar-refractivity contribution in [3.8, 4) is 0 Å². The van der Waals surface area contributed by atoms with E-state index in [1.807, 2.05) is 5.51 Å². The third-order valence-corrected chi connectivity index (χ3v) is 3.48. The van der Waals surface area contributed by atoms with Gasteiger partial charge in [-0.2, -0.15) is 0 Å². The molecule has 0 radical (unpaired) electrons. The summed E-state index contributed by atoms with van der Waals surface area (Å²) in [5.74, 6) is 0. The van der Waals surface area contributed by atoms with Crippen LogP contribution in [0.3, 0.4) is 0 Å². The molecule has 84 valence electrons. The van der Waals surface area contributed by atoms with E-state index in [1.165, 1.54) is 16.0 Å². The summed E-state index contributed by atoms with van der Waals surface area (Å²) >= 11 is 1.71. The molecular weight excluding hydrogens is 216 g/mol. The fraction of sp³-hybridized carbons (Fsp3) is 0.308. The third kappa shape index (κ3) is 2.90. The predicted octanol–water partition coefficient (Wildman–Crippen LogP) is 3.05. The molecule has 1 heterocycles. The Morgan fingerprint density at radius 3 is 2.81 bits per heavy atom. The van der Waals surface area contributed by atoms with Crippen molar-refractivity contribution < 1.29 is 0 Å². The van der Waals surface area contributed by atoms with Crippen LogP contribution in [0, 0.1) is 13.8 Å². The highest BCUT2D eigenvalue weighted by molar-refractivity contribution is 7.09. The zero-order valence-electron chi connectivity index (χ0n) is 9.66. The van der Waals surface area contributed by atoms with Crippen LogP contribution >= 0.6 is 11.3 Å². The molecule has 1 N–H and O–H groups in total. The van der Waals surface area contributed by atoms with Crippen LogP contribution in [0.5, 0.6) is 0 Å². The van der Waals surface area contributed by atoms with Crippen LogP contribution in [0.2, 0.25) is 0 Å². The third-order valence-electron chi connectivity index (χ3n) is 2.54. The van der Waals surface area contributed by atoms with Gasteiger partial charge in [0, 0.05) is 18.0 Å². The number of nitrogens with zero attached hydrogens (tertiary/aromatic N) is 1. The Labute approximate surface area is 100 Å². The van der Waals surface area contributed by atoms with Gasteiger partial charge in [-0.3, -0.25) is 0 Å². The van der Waals surface area contributed by atoms with E-state index in [9.17, 15) is 0 Å². The maximum Gasteiger partial charge on any atom is 0.0798 e. The average Bonchev–Trinajstić information content (AvgIpc) is 2.65. The summed E-state index contributed by atoms with van der Waals surface area (Å²) in [6.45, 7) is 6.00. The minimum Gasteiger partial charge on any atom is -0.308 e. The molecule has 0 unspecified atom stereocenters. The summed E-state index contributed by atoms with van der Waals surface area (Å²) < 4.78 is 0. The van der Waals surface area contributed by atoms with E-state index in [0.29, 0.717) is 0 Å². The largest absolute Gasteiger partial charge is 0.308 e. The van der Waals surface area contributed by atoms with Gasteiger partial charge in [-0.05, 0) is 19.4 Å². The number of hydrogen-bond donors (Lipinski definition) is 1. The monoisotopic (exact) mass is 232 g/mol. The lowest BCUT2D eigenvalue weighted by atomic mass is 10.1. The molecule has 3 heteroatoms. The highest BCUT2D eigenvalue weighted by atomic mass is 32.1. The van der Waals surface area contributed by atoms with Crippen molar-refractivity contribution in [2.75, 3.05) is 0 Å². The van der Waals surface area contributed by atoms with Gasteiger partial charge in [-0.1, -0.05) is 29.8 Å². The van der Waals surface area contributed by atoms with Crippen LogP contribution in [0.4, 0.5) is 0 Å². The average molecular weight is 232 g/mol. The molecule has 0 saturated heterocycles. The summed E-state index contributed by atoms with van der Waals surface area (Å²) in [6, 6.07) is 8.59. The summed E-state index contributed by atoms with van der Waals surface area (Å²) in [5, 5.41) is 3.44. The minimum absolute atomic E-state index is 0.907. The lowest BCUT2D eigenvalue weighted by Crippen LogP contribution is -2.12. The van der Waals surface area contributed by atoms with Gasteiger partial charge in [-0.15, -0.1) is 11.3 Å². The Bertz CT molecular complexity index is 462. The Morgan fingerprint density at radius 1 is 1.25 bits per heavy atom. The molecule has 16 heavy (non-hydrogen) atoms. The summed E-state index contributed by atoms with van der Waals surface area (Å²) in [5.41, 5.74) is 5.69. The van der Waals surface area contributed by atoms with Crippen molar-refractivity contribution in [2.45, 2.75) is 26.9 Å². The fourth-order valence-corrected chi connectivity index (χ4v) is 2.39. The molecular formula is C13H16N2S. The highest BCUT2D eigenvalue weighted by Gasteiger charge is 2.00. The van der Waals surface area contributed by atoms with Gasteiger partial charge >= 0.3 is 0 Å². The van der Waals surface area contributed by atoms with Crippen LogP contribution in [0.25, 0.3) is 0 Å². The predicted molar refractivity (Wildman–Crippen MR) is 68.6 cm³/mol. The number of nitrogens with one attached hydrogen (secondary N) is 1. The lowest BCUT2D eigenvalue weighted by Gasteiger charge is -2.04. The van der Waals surface area contributed by atoms with Crippen LogP contribution in [0.15, 0.2) is 29.8 Å². The molecule has 0 aliphatic rings. The standard InChI is InChI=1S/C13H16N2S/c1-10-4-3-5-12(6-10)7-14-8-13-11(2)15-9-16-13/h3-6,9,14H,7-8H2,1-2H3. The second-order valence-corrected chi connectivity index (χ2v) is 4.89. The molecule has 0 saturated carbocycles. The van der Waals surface area contributed by atoms with Crippen LogP contribution in [0.1, 0.15) is 21.7 Å². The van der Waals surface area contributed by atoms with Gasteiger partial charge in [0.2, 0.25) is 0 Å². The van der Waals surface area contributed by atoms with E-state index < -0.39 is 0 Å². The number of aromatic nitrogens is 1. The molecule has 0 bridgehead atoms. The van der Waals surface area contributed by atoms with Crippen LogP contribution in [-0.2, 0) is 13.1 Å². The molecule has 1 aromatic carbocycles. The second kappa shape index (κ2) is 5.23. The van der Waals surface area contributed by atoms with Gasteiger partial charge in [-0.25, -0.2) is 4.98 Å². The molecule has 0 aliphatic carbocycles. The van der Waals surface area contributed by atoms with Crippen molar-refractivity contribution >= 4 is 11.3 Å². The van der Waals surface area contributed by atoms with Gasteiger partial charge in [0.05, 0.1) is 11.2 Å². The smallest absolute Gasteiger partial charge is 0.0798 e. The Kier molecular flexibility index (Phi) is 3.70. The molecule has 2 nitrogen and oxygen atoms in total.